The van der Waals surface area contributed by atoms with Crippen LogP contribution >= 0.6 is 0 Å². The monoisotopic (exact) mass is 560 g/mol. The van der Waals surface area contributed by atoms with Crippen molar-refractivity contribution in [3.05, 3.63) is 35.9 Å². The van der Waals surface area contributed by atoms with Crippen LogP contribution in [0.15, 0.2) is 30.3 Å². The van der Waals surface area contributed by atoms with E-state index in [1.54, 1.807) is 30.3 Å². The van der Waals surface area contributed by atoms with Crippen LogP contribution in [-0.2, 0) is 28.7 Å². The highest BCUT2D eigenvalue weighted by Crippen LogP contribution is 2.57. The summed E-state index contributed by atoms with van der Waals surface area (Å²) in [6.45, 7) is -0.203. The summed E-state index contributed by atoms with van der Waals surface area (Å²) in [6, 6.07) is 7.38. The molecule has 0 aromatic heterocycles. The quantitative estimate of drug-likeness (QED) is 0.187. The number of unbranched alkanes of at least 4 members (excludes halogenated alkanes) is 1. The lowest BCUT2D eigenvalue weighted by Crippen LogP contribution is -2.47. The smallest absolute Gasteiger partial charge is 0.329 e. The number of rotatable bonds is 10. The predicted molar refractivity (Wildman–Crippen MR) is 144 cm³/mol. The van der Waals surface area contributed by atoms with Crippen LogP contribution in [0.5, 0.6) is 0 Å². The van der Waals surface area contributed by atoms with E-state index in [2.05, 4.69) is 0 Å². The first-order chi connectivity index (χ1) is 19.8. The van der Waals surface area contributed by atoms with Gasteiger partial charge in [0.2, 0.25) is 23.6 Å². The Labute approximate surface area is 238 Å². The van der Waals surface area contributed by atoms with Crippen molar-refractivity contribution in [2.24, 2.45) is 47.3 Å². The molecule has 6 aliphatic rings. The zero-order valence-corrected chi connectivity index (χ0v) is 23.1. The van der Waals surface area contributed by atoms with Crippen molar-refractivity contribution in [1.29, 1.82) is 0 Å². The molecule has 4 saturated carbocycles. The number of hydrogen-bond acceptors (Lipinski definition) is 7. The Morgan fingerprint density at radius 1 is 0.732 bits per heavy atom. The second-order valence-electron chi connectivity index (χ2n) is 13.1. The molecular formula is C32H36N2O7. The number of nitrogens with zero attached hydrogens (tertiary/aromatic N) is 2. The second kappa shape index (κ2) is 10.2. The van der Waals surface area contributed by atoms with E-state index < -0.39 is 18.6 Å². The number of esters is 1. The van der Waals surface area contributed by atoms with Gasteiger partial charge in [-0.2, -0.15) is 0 Å². The molecule has 2 saturated heterocycles. The summed E-state index contributed by atoms with van der Waals surface area (Å²) in [7, 11) is 0. The molecule has 1 aromatic carbocycles. The number of Topliss-reactive ketones (excluding diaryl/α,β-unsaturated/α-hetero) is 1. The number of hydrogen-bond donors (Lipinski definition) is 0. The number of likely N-dealkylation sites (tertiary alicyclic amines) is 2. The second-order valence-corrected chi connectivity index (χ2v) is 13.1. The van der Waals surface area contributed by atoms with E-state index in [4.69, 9.17) is 4.74 Å². The summed E-state index contributed by atoms with van der Waals surface area (Å²) in [6.07, 6.45) is 6.84. The van der Waals surface area contributed by atoms with Gasteiger partial charge >= 0.3 is 5.97 Å². The molecule has 7 rings (SSSR count). The molecule has 0 radical (unpaired) electrons. The molecule has 9 heteroatoms. The Morgan fingerprint density at radius 2 is 1.24 bits per heavy atom. The van der Waals surface area contributed by atoms with Gasteiger partial charge in [0.25, 0.3) is 0 Å². The Balaban J connectivity index is 1.02. The van der Waals surface area contributed by atoms with Crippen LogP contribution in [0, 0.1) is 47.3 Å². The summed E-state index contributed by atoms with van der Waals surface area (Å²) in [5.74, 6) is -1.87. The third-order valence-electron chi connectivity index (χ3n) is 11.1. The SMILES string of the molecule is O=C(COC(=O)[C@@H](CCCCN1C(=O)[C@@H]2[C@@H]3CC[C@@H](C3)[C@@H]2C1=O)N1C(=O)[C@@H]2[C@@H]3CC[C@@H](C3)[C@@H]2C1=O)c1ccccc1. The molecule has 0 spiro atoms. The molecule has 6 fully saturated rings. The standard InChI is InChI=1S/C32H36N2O7/c35-23(17-6-2-1-3-7-17)16-41-32(40)22(34-30(38)26-20-11-12-21(15-20)27(26)31(34)39)8-4-5-13-33-28(36)24-18-9-10-19(14-18)25(24)29(33)37/h1-3,6-7,18-22,24-27H,4-5,8-16H2/t18-,19+,20-,21+,22-,24-,25+,26-,27+/m1/s1. The molecule has 4 aliphatic carbocycles. The number of ketones is 1. The van der Waals surface area contributed by atoms with Gasteiger partial charge in [0.15, 0.2) is 12.4 Å². The average molecular weight is 561 g/mol. The van der Waals surface area contributed by atoms with Gasteiger partial charge in [0.05, 0.1) is 23.7 Å². The highest BCUT2D eigenvalue weighted by molar-refractivity contribution is 6.09. The van der Waals surface area contributed by atoms with Gasteiger partial charge in [-0.25, -0.2) is 4.79 Å². The van der Waals surface area contributed by atoms with Gasteiger partial charge in [0.1, 0.15) is 6.04 Å². The van der Waals surface area contributed by atoms with Crippen molar-refractivity contribution in [1.82, 2.24) is 9.80 Å². The largest absolute Gasteiger partial charge is 0.456 e. The van der Waals surface area contributed by atoms with Crippen LogP contribution < -0.4 is 0 Å². The van der Waals surface area contributed by atoms with E-state index >= 15 is 0 Å². The van der Waals surface area contributed by atoms with Crippen molar-refractivity contribution >= 4 is 35.4 Å². The van der Waals surface area contributed by atoms with Gasteiger partial charge in [-0.15, -0.1) is 0 Å². The van der Waals surface area contributed by atoms with Crippen LogP contribution in [0.4, 0.5) is 0 Å². The van der Waals surface area contributed by atoms with Crippen molar-refractivity contribution < 1.29 is 33.5 Å². The third kappa shape index (κ3) is 4.17. The highest BCUT2D eigenvalue weighted by atomic mass is 16.5. The van der Waals surface area contributed by atoms with Crippen molar-refractivity contribution in [3.63, 3.8) is 0 Å². The number of carbonyl (C=O) groups excluding carboxylic acids is 6. The van der Waals surface area contributed by atoms with Crippen LogP contribution in [0.25, 0.3) is 0 Å². The van der Waals surface area contributed by atoms with E-state index in [0.29, 0.717) is 30.2 Å². The number of ether oxygens (including phenoxy) is 1. The van der Waals surface area contributed by atoms with Gasteiger partial charge in [0, 0.05) is 12.1 Å². The number of amides is 4. The van der Waals surface area contributed by atoms with Crippen LogP contribution in [0.2, 0.25) is 0 Å². The molecule has 0 unspecified atom stereocenters. The zero-order chi connectivity index (χ0) is 28.4. The fraction of sp³-hybridized carbons (Fsp3) is 0.625. The summed E-state index contributed by atoms with van der Waals surface area (Å²) in [5, 5.41) is 0. The first kappa shape index (κ1) is 26.5. The van der Waals surface area contributed by atoms with Crippen LogP contribution in [0.1, 0.15) is 68.1 Å². The Morgan fingerprint density at radius 3 is 1.78 bits per heavy atom. The number of fused-ring (bicyclic) bond motifs is 10. The van der Waals surface area contributed by atoms with Gasteiger partial charge < -0.3 is 4.74 Å². The number of imide groups is 2. The molecule has 0 N–H and O–H groups in total. The third-order valence-corrected chi connectivity index (χ3v) is 11.1. The highest BCUT2D eigenvalue weighted by Gasteiger charge is 2.63. The molecule has 4 amide bonds. The lowest BCUT2D eigenvalue weighted by molar-refractivity contribution is -0.159. The lowest BCUT2D eigenvalue weighted by atomic mass is 9.81. The minimum Gasteiger partial charge on any atom is -0.456 e. The maximum atomic E-state index is 13.5. The summed E-state index contributed by atoms with van der Waals surface area (Å²) >= 11 is 0. The first-order valence-electron chi connectivity index (χ1n) is 15.3. The molecular weight excluding hydrogens is 524 g/mol. The topological polar surface area (TPSA) is 118 Å². The maximum absolute atomic E-state index is 13.5. The van der Waals surface area contributed by atoms with Crippen LogP contribution in [-0.4, -0.2) is 64.4 Å². The minimum atomic E-state index is -1.12. The molecule has 4 bridgehead atoms. The Bertz CT molecular complexity index is 1250. The normalized spacial score (nSPS) is 35.4. The summed E-state index contributed by atoms with van der Waals surface area (Å²) < 4.78 is 5.41. The number of benzene rings is 1. The predicted octanol–water partition coefficient (Wildman–Crippen LogP) is 3.01. The molecule has 2 aliphatic heterocycles. The zero-order valence-electron chi connectivity index (χ0n) is 23.1. The molecule has 1 aromatic rings. The van der Waals surface area contributed by atoms with Crippen molar-refractivity contribution in [3.8, 4) is 0 Å². The molecule has 2 heterocycles. The average Bonchev–Trinajstić information content (AvgIpc) is 3.83. The molecule has 216 valence electrons. The Hall–Kier alpha value is -3.36. The summed E-state index contributed by atoms with van der Waals surface area (Å²) in [5.41, 5.74) is 0.412. The Kier molecular flexibility index (Phi) is 6.58. The van der Waals surface area contributed by atoms with Crippen molar-refractivity contribution in [2.75, 3.05) is 13.2 Å². The van der Waals surface area contributed by atoms with E-state index in [1.807, 2.05) is 0 Å². The van der Waals surface area contributed by atoms with E-state index in [-0.39, 0.29) is 77.9 Å². The fourth-order valence-electron chi connectivity index (χ4n) is 9.33. The summed E-state index contributed by atoms with van der Waals surface area (Å²) in [4.78, 5) is 81.7. The first-order valence-corrected chi connectivity index (χ1v) is 15.3. The fourth-order valence-corrected chi connectivity index (χ4v) is 9.33. The maximum Gasteiger partial charge on any atom is 0.329 e. The lowest BCUT2D eigenvalue weighted by Gasteiger charge is -2.26. The molecule has 9 atom stereocenters. The minimum absolute atomic E-state index is 0.0595. The van der Waals surface area contributed by atoms with E-state index in [9.17, 15) is 28.8 Å². The molecule has 9 nitrogen and oxygen atoms in total. The van der Waals surface area contributed by atoms with E-state index in [1.165, 1.54) is 4.90 Å². The molecule has 41 heavy (non-hydrogen) atoms. The van der Waals surface area contributed by atoms with E-state index in [0.717, 1.165) is 43.4 Å². The van der Waals surface area contributed by atoms with Crippen molar-refractivity contribution in [2.45, 2.75) is 63.8 Å². The number of carbonyl (C=O) groups is 6. The van der Waals surface area contributed by atoms with Crippen LogP contribution in [0.3, 0.4) is 0 Å². The van der Waals surface area contributed by atoms with Gasteiger partial charge in [-0.3, -0.25) is 33.8 Å². The van der Waals surface area contributed by atoms with Gasteiger partial charge in [-0.05, 0) is 81.5 Å². The van der Waals surface area contributed by atoms with Gasteiger partial charge in [-0.1, -0.05) is 30.3 Å².